The highest BCUT2D eigenvalue weighted by Crippen LogP contribution is 2.21. The second kappa shape index (κ2) is 5.05. The van der Waals surface area contributed by atoms with Crippen molar-refractivity contribution in [3.05, 3.63) is 23.8 Å². The van der Waals surface area contributed by atoms with E-state index in [2.05, 4.69) is 0 Å². The van der Waals surface area contributed by atoms with Gasteiger partial charge < -0.3 is 20.3 Å². The highest BCUT2D eigenvalue weighted by Gasteiger charge is 2.19. The Labute approximate surface area is 99.1 Å². The number of esters is 1. The molecular weight excluding hydrogens is 222 g/mol. The largest absolute Gasteiger partial charge is 0.507 e. The summed E-state index contributed by atoms with van der Waals surface area (Å²) in [5.41, 5.74) is 6.04. The van der Waals surface area contributed by atoms with Crippen LogP contribution in [0.1, 0.15) is 23.2 Å². The molecule has 1 aromatic rings. The van der Waals surface area contributed by atoms with Crippen molar-refractivity contribution in [2.45, 2.75) is 18.9 Å². The van der Waals surface area contributed by atoms with Crippen molar-refractivity contribution in [3.8, 4) is 5.75 Å². The number of aromatic hydroxyl groups is 1. The number of phenolic OH excluding ortho intramolecular Hbond substituents is 1. The SMILES string of the molecule is Nc1ccc(O)c(C(=O)OCC2CCCO2)c1. The van der Waals surface area contributed by atoms with Crippen molar-refractivity contribution in [2.24, 2.45) is 0 Å². The molecule has 1 saturated heterocycles. The number of nitrogens with two attached hydrogens (primary N) is 1. The number of nitrogen functional groups attached to an aromatic ring is 1. The Balaban J connectivity index is 1.96. The van der Waals surface area contributed by atoms with E-state index in [1.807, 2.05) is 0 Å². The fourth-order valence-electron chi connectivity index (χ4n) is 1.74. The number of phenols is 1. The molecule has 3 N–H and O–H groups in total. The first-order valence-electron chi connectivity index (χ1n) is 5.54. The van der Waals surface area contributed by atoms with E-state index in [-0.39, 0.29) is 24.0 Å². The van der Waals surface area contributed by atoms with Gasteiger partial charge in [0.15, 0.2) is 0 Å². The summed E-state index contributed by atoms with van der Waals surface area (Å²) < 4.78 is 10.4. The van der Waals surface area contributed by atoms with E-state index < -0.39 is 5.97 Å². The Morgan fingerprint density at radius 1 is 1.59 bits per heavy atom. The molecule has 1 heterocycles. The molecule has 1 aliphatic heterocycles. The summed E-state index contributed by atoms with van der Waals surface area (Å²) >= 11 is 0. The van der Waals surface area contributed by atoms with Crippen LogP contribution in [-0.4, -0.2) is 30.4 Å². The van der Waals surface area contributed by atoms with Crippen LogP contribution in [0.25, 0.3) is 0 Å². The molecule has 0 spiro atoms. The second-order valence-electron chi connectivity index (χ2n) is 4.01. The van der Waals surface area contributed by atoms with Crippen LogP contribution in [0.3, 0.4) is 0 Å². The lowest BCUT2D eigenvalue weighted by atomic mass is 10.2. The van der Waals surface area contributed by atoms with E-state index in [9.17, 15) is 9.90 Å². The second-order valence-corrected chi connectivity index (χ2v) is 4.01. The third-order valence-corrected chi connectivity index (χ3v) is 2.66. The molecule has 1 aliphatic rings. The van der Waals surface area contributed by atoms with Crippen LogP contribution >= 0.6 is 0 Å². The summed E-state index contributed by atoms with van der Waals surface area (Å²) in [5.74, 6) is -0.707. The number of ether oxygens (including phenoxy) is 2. The smallest absolute Gasteiger partial charge is 0.342 e. The first-order chi connectivity index (χ1) is 8.16. The topological polar surface area (TPSA) is 81.8 Å². The average Bonchev–Trinajstić information content (AvgIpc) is 2.82. The summed E-state index contributed by atoms with van der Waals surface area (Å²) in [6, 6.07) is 4.29. The third kappa shape index (κ3) is 2.88. The molecule has 1 fully saturated rings. The molecule has 5 nitrogen and oxygen atoms in total. The van der Waals surface area contributed by atoms with Crippen LogP contribution in [0.5, 0.6) is 5.75 Å². The van der Waals surface area contributed by atoms with Crippen LogP contribution in [0.15, 0.2) is 18.2 Å². The Hall–Kier alpha value is -1.75. The Bertz CT molecular complexity index is 413. The summed E-state index contributed by atoms with van der Waals surface area (Å²) in [6.45, 7) is 0.929. The zero-order valence-corrected chi connectivity index (χ0v) is 9.39. The van der Waals surface area contributed by atoms with E-state index in [1.54, 1.807) is 0 Å². The Morgan fingerprint density at radius 2 is 2.41 bits per heavy atom. The highest BCUT2D eigenvalue weighted by atomic mass is 16.6. The van der Waals surface area contributed by atoms with Crippen molar-refractivity contribution in [2.75, 3.05) is 18.9 Å². The number of rotatable bonds is 3. The zero-order chi connectivity index (χ0) is 12.3. The monoisotopic (exact) mass is 237 g/mol. The van der Waals surface area contributed by atoms with Gasteiger partial charge in [-0.05, 0) is 31.0 Å². The van der Waals surface area contributed by atoms with Gasteiger partial charge in [0.25, 0.3) is 0 Å². The molecule has 1 aromatic carbocycles. The van der Waals surface area contributed by atoms with Gasteiger partial charge >= 0.3 is 5.97 Å². The highest BCUT2D eigenvalue weighted by molar-refractivity contribution is 5.93. The number of benzene rings is 1. The fourth-order valence-corrected chi connectivity index (χ4v) is 1.74. The Morgan fingerprint density at radius 3 is 3.12 bits per heavy atom. The molecule has 0 aromatic heterocycles. The molecule has 1 atom stereocenters. The van der Waals surface area contributed by atoms with Gasteiger partial charge in [-0.25, -0.2) is 4.79 Å². The molecule has 0 amide bonds. The van der Waals surface area contributed by atoms with Crippen molar-refractivity contribution in [1.29, 1.82) is 0 Å². The van der Waals surface area contributed by atoms with Gasteiger partial charge in [0.2, 0.25) is 0 Å². The molecule has 0 bridgehead atoms. The molecule has 2 rings (SSSR count). The number of hydrogen-bond acceptors (Lipinski definition) is 5. The molecule has 0 saturated carbocycles. The summed E-state index contributed by atoms with van der Waals surface area (Å²) in [7, 11) is 0. The normalized spacial score (nSPS) is 19.2. The van der Waals surface area contributed by atoms with E-state index in [4.69, 9.17) is 15.2 Å². The standard InChI is InChI=1S/C12H15NO4/c13-8-3-4-11(14)10(6-8)12(15)17-7-9-2-1-5-16-9/h3-4,6,9,14H,1-2,5,7,13H2. The zero-order valence-electron chi connectivity index (χ0n) is 9.39. The van der Waals surface area contributed by atoms with Crippen LogP contribution in [0.2, 0.25) is 0 Å². The van der Waals surface area contributed by atoms with Crippen molar-refractivity contribution < 1.29 is 19.4 Å². The fraction of sp³-hybridized carbons (Fsp3) is 0.417. The first kappa shape index (κ1) is 11.7. The van der Waals surface area contributed by atoms with Gasteiger partial charge in [-0.3, -0.25) is 0 Å². The lowest BCUT2D eigenvalue weighted by Gasteiger charge is -2.11. The van der Waals surface area contributed by atoms with E-state index in [0.717, 1.165) is 12.8 Å². The minimum Gasteiger partial charge on any atom is -0.507 e. The molecule has 0 aliphatic carbocycles. The number of carbonyl (C=O) groups excluding carboxylic acids is 1. The maximum Gasteiger partial charge on any atom is 0.342 e. The van der Waals surface area contributed by atoms with Gasteiger partial charge in [-0.15, -0.1) is 0 Å². The average molecular weight is 237 g/mol. The van der Waals surface area contributed by atoms with Gasteiger partial charge in [0, 0.05) is 12.3 Å². The summed E-state index contributed by atoms with van der Waals surface area (Å²) in [6.07, 6.45) is 1.87. The van der Waals surface area contributed by atoms with Crippen LogP contribution in [0.4, 0.5) is 5.69 Å². The van der Waals surface area contributed by atoms with E-state index in [0.29, 0.717) is 12.3 Å². The Kier molecular flexibility index (Phi) is 3.49. The van der Waals surface area contributed by atoms with Crippen molar-refractivity contribution >= 4 is 11.7 Å². The maximum atomic E-state index is 11.7. The lowest BCUT2D eigenvalue weighted by molar-refractivity contribution is 0.0159. The van der Waals surface area contributed by atoms with Gasteiger partial charge in [0.05, 0.1) is 6.10 Å². The van der Waals surface area contributed by atoms with Gasteiger partial charge in [-0.1, -0.05) is 0 Å². The van der Waals surface area contributed by atoms with Crippen molar-refractivity contribution in [1.82, 2.24) is 0 Å². The maximum absolute atomic E-state index is 11.7. The molecule has 1 unspecified atom stereocenters. The summed E-state index contributed by atoms with van der Waals surface area (Å²) in [5, 5.41) is 9.51. The first-order valence-corrected chi connectivity index (χ1v) is 5.54. The minimum atomic E-state index is -0.578. The predicted octanol–water partition coefficient (Wildman–Crippen LogP) is 1.31. The molecular formula is C12H15NO4. The van der Waals surface area contributed by atoms with Crippen LogP contribution in [-0.2, 0) is 9.47 Å². The number of hydrogen-bond donors (Lipinski definition) is 2. The van der Waals surface area contributed by atoms with Gasteiger partial charge in [-0.2, -0.15) is 0 Å². The molecule has 17 heavy (non-hydrogen) atoms. The van der Waals surface area contributed by atoms with E-state index >= 15 is 0 Å². The number of anilines is 1. The quantitative estimate of drug-likeness (QED) is 0.470. The predicted molar refractivity (Wildman–Crippen MR) is 61.8 cm³/mol. The molecule has 92 valence electrons. The lowest BCUT2D eigenvalue weighted by Crippen LogP contribution is -2.18. The minimum absolute atomic E-state index is 0.0258. The van der Waals surface area contributed by atoms with Crippen LogP contribution in [0, 0.1) is 0 Å². The molecule has 0 radical (unpaired) electrons. The van der Waals surface area contributed by atoms with Crippen LogP contribution < -0.4 is 5.73 Å². The van der Waals surface area contributed by atoms with E-state index in [1.165, 1.54) is 18.2 Å². The summed E-state index contributed by atoms with van der Waals surface area (Å²) in [4.78, 5) is 11.7. The van der Waals surface area contributed by atoms with Crippen molar-refractivity contribution in [3.63, 3.8) is 0 Å². The molecule has 5 heteroatoms. The van der Waals surface area contributed by atoms with Gasteiger partial charge in [0.1, 0.15) is 17.9 Å². The third-order valence-electron chi connectivity index (χ3n) is 2.66. The number of carbonyl (C=O) groups is 1.